The Labute approximate surface area is 874 Å². The minimum absolute atomic E-state index is 0.116. The maximum absolute atomic E-state index is 7.83. The first-order valence-corrected chi connectivity index (χ1v) is 52.5. The van der Waals surface area contributed by atoms with Crippen LogP contribution in [0.25, 0.3) is 155 Å². The summed E-state index contributed by atoms with van der Waals surface area (Å²) in [6, 6.07) is 179. The smallest absolute Gasteiger partial charge is 0.252 e. The van der Waals surface area contributed by atoms with E-state index in [1.807, 2.05) is 0 Å². The van der Waals surface area contributed by atoms with Gasteiger partial charge in [-0.05, 0) is 269 Å². The fraction of sp³-hybridized carbons (Fsp3) is 0.119. The Morgan fingerprint density at radius 3 is 0.792 bits per heavy atom. The van der Waals surface area contributed by atoms with E-state index in [2.05, 4.69) is 571 Å². The summed E-state index contributed by atoms with van der Waals surface area (Å²) in [7, 11) is 0. The number of fused-ring (bicyclic) bond motifs is 12. The second-order valence-electron chi connectivity index (χ2n) is 45.1. The van der Waals surface area contributed by atoms with Crippen LogP contribution in [0.4, 0.5) is 51.2 Å². The molecule has 0 fully saturated rings. The second-order valence-corrected chi connectivity index (χ2v) is 45.1. The molecule has 5 nitrogen and oxygen atoms in total. The minimum atomic E-state index is -0.806. The number of nitrogens with zero attached hydrogens (tertiary/aromatic N) is 3. The third-order valence-corrected chi connectivity index (χ3v) is 31.6. The van der Waals surface area contributed by atoms with Crippen LogP contribution in [0.2, 0.25) is 0 Å². The summed E-state index contributed by atoms with van der Waals surface area (Å²) in [6.45, 7) is 27.4. The van der Waals surface area contributed by atoms with Gasteiger partial charge in [0.15, 0.2) is 0 Å². The second kappa shape index (κ2) is 35.5. The van der Waals surface area contributed by atoms with E-state index in [0.717, 1.165) is 234 Å². The molecule has 21 aromatic carbocycles. The van der Waals surface area contributed by atoms with Gasteiger partial charge < -0.3 is 23.5 Å². The summed E-state index contributed by atoms with van der Waals surface area (Å²) in [5, 5.41) is 4.04. The van der Waals surface area contributed by atoms with E-state index in [1.54, 1.807) is 0 Å². The van der Waals surface area contributed by atoms with Gasteiger partial charge in [0.1, 0.15) is 22.3 Å². The third kappa shape index (κ3) is 15.7. The lowest BCUT2D eigenvalue weighted by Gasteiger charge is -2.48. The van der Waals surface area contributed by atoms with Crippen LogP contribution >= 0.6 is 0 Å². The zero-order chi connectivity index (χ0) is 101. The Morgan fingerprint density at radius 2 is 0.470 bits per heavy atom. The summed E-state index contributed by atoms with van der Waals surface area (Å²) in [5.74, 6) is 0. The quantitative estimate of drug-likeness (QED) is 0.0956. The number of furan rings is 2. The predicted molar refractivity (Wildman–Crippen MR) is 631 cm³/mol. The number of hydrogen-bond donors (Lipinski definition) is 0. The van der Waals surface area contributed by atoms with E-state index in [1.165, 1.54) is 33.4 Å². The molecule has 0 amide bonds. The molecule has 0 unspecified atom stereocenters. The van der Waals surface area contributed by atoms with Crippen LogP contribution in [0, 0.1) is 0 Å². The Hall–Kier alpha value is -17.3. The van der Waals surface area contributed by atoms with Crippen molar-refractivity contribution >= 4 is 118 Å². The molecule has 23 aromatic rings. The van der Waals surface area contributed by atoms with Crippen LogP contribution < -0.4 is 31.1 Å². The van der Waals surface area contributed by atoms with Crippen LogP contribution in [0.5, 0.6) is 0 Å². The molecule has 6 heteroatoms. The van der Waals surface area contributed by atoms with Crippen LogP contribution in [0.1, 0.15) is 128 Å². The molecule has 5 heterocycles. The van der Waals surface area contributed by atoms with Gasteiger partial charge >= 0.3 is 0 Å². The van der Waals surface area contributed by atoms with Crippen LogP contribution in [-0.2, 0) is 27.1 Å². The van der Waals surface area contributed by atoms with Crippen molar-refractivity contribution in [2.24, 2.45) is 0 Å². The van der Waals surface area contributed by atoms with Crippen LogP contribution in [0.3, 0.4) is 0 Å². The molecule has 26 rings (SSSR count). The molecule has 0 spiro atoms. The van der Waals surface area contributed by atoms with Crippen molar-refractivity contribution < 1.29 is 8.83 Å². The van der Waals surface area contributed by atoms with E-state index in [4.69, 9.17) is 8.83 Å². The highest BCUT2D eigenvalue weighted by Crippen LogP contribution is 2.62. The van der Waals surface area contributed by atoms with Crippen LogP contribution in [-0.4, -0.2) is 6.71 Å². The maximum atomic E-state index is 7.83. The molecule has 0 aliphatic carbocycles. The molecule has 0 atom stereocenters. The van der Waals surface area contributed by atoms with Gasteiger partial charge in [0.05, 0.1) is 33.9 Å². The number of benzene rings is 21. The highest BCUT2D eigenvalue weighted by atomic mass is 16.3. The molecule has 0 N–H and O–H groups in total. The molecule has 0 radical (unpaired) electrons. The van der Waals surface area contributed by atoms with Gasteiger partial charge in [-0.2, -0.15) is 0 Å². The lowest BCUT2D eigenvalue weighted by Crippen LogP contribution is -2.61. The Balaban J connectivity index is 0.848. The van der Waals surface area contributed by atoms with Gasteiger partial charge in [-0.25, -0.2) is 0 Å². The van der Waals surface area contributed by atoms with Gasteiger partial charge in [-0.1, -0.05) is 459 Å². The third-order valence-electron chi connectivity index (χ3n) is 31.6. The Morgan fingerprint density at radius 1 is 0.195 bits per heavy atom. The Kier molecular flexibility index (Phi) is 21.9. The van der Waals surface area contributed by atoms with E-state index >= 15 is 0 Å². The monoisotopic (exact) mass is 1920 g/mol. The maximum Gasteiger partial charge on any atom is 0.252 e. The minimum Gasteiger partial charge on any atom is -0.456 e. The summed E-state index contributed by atoms with van der Waals surface area (Å²) in [5.41, 5.74) is 46.0. The van der Waals surface area contributed by atoms with Gasteiger partial charge in [-0.3, -0.25) is 0 Å². The van der Waals surface area contributed by atoms with E-state index < -0.39 is 12.1 Å². The molecule has 0 saturated heterocycles. The van der Waals surface area contributed by atoms with Crippen molar-refractivity contribution in [2.45, 2.75) is 110 Å². The average molecular weight is 1920 g/mol. The van der Waals surface area contributed by atoms with E-state index in [-0.39, 0.29) is 21.7 Å². The van der Waals surface area contributed by atoms with Crippen molar-refractivity contribution in [3.63, 3.8) is 0 Å². The largest absolute Gasteiger partial charge is 0.456 e. The van der Waals surface area contributed by atoms with E-state index in [9.17, 15) is 0 Å². The van der Waals surface area contributed by atoms with Crippen molar-refractivity contribution in [1.82, 2.24) is 0 Å². The number of anilines is 9. The lowest BCUT2D eigenvalue weighted by molar-refractivity contribution is 0.568. The van der Waals surface area contributed by atoms with Gasteiger partial charge in [-0.15, -0.1) is 0 Å². The molecule has 716 valence electrons. The first-order valence-electron chi connectivity index (χ1n) is 52.5. The molecule has 0 saturated carbocycles. The SMILES string of the molecule is CC(C)(C)c1cc(-c2ccc3c(c2)oc2cc4c(cc23)N(c2c(-c3cccc(-c5ccccc5)c3)cccc2-c2cccc(-c3ccccc3)c2)c2cc(N3c5ccccc5C(c5ccccc5)(c5ccccc5)c5ccccc53)cc3c2B4c2cc4oc5cc(-c6cc(C(C)(C)C)cc(C(C)(C)C)c6)ccc5c4cc2N3c2c(-c3cccc(-c4ccccc4)c3)cccc2-c2cccc(-c3ccccc3)c2)cc(C(C)(C)C)c1. The first kappa shape index (κ1) is 91.6. The van der Waals surface area contributed by atoms with Crippen molar-refractivity contribution in [3.8, 4) is 111 Å². The van der Waals surface area contributed by atoms with Crippen molar-refractivity contribution in [2.75, 3.05) is 14.7 Å². The summed E-state index contributed by atoms with van der Waals surface area (Å²) in [4.78, 5) is 8.08. The number of rotatable bonds is 15. The molecule has 3 aliphatic heterocycles. The van der Waals surface area contributed by atoms with E-state index in [0.29, 0.717) is 0 Å². The number of para-hydroxylation sites is 4. The highest BCUT2D eigenvalue weighted by Gasteiger charge is 2.51. The molecular weight excluding hydrogens is 1800 g/mol. The Bertz CT molecular complexity index is 8450. The zero-order valence-corrected chi connectivity index (χ0v) is 86.3. The number of hydrogen-bond acceptors (Lipinski definition) is 5. The summed E-state index contributed by atoms with van der Waals surface area (Å²) < 4.78 is 15.7. The fourth-order valence-electron chi connectivity index (χ4n) is 24.0. The molecule has 3 aliphatic rings. The van der Waals surface area contributed by atoms with Crippen LogP contribution in [0.15, 0.2) is 482 Å². The molecule has 0 bridgehead atoms. The lowest BCUT2D eigenvalue weighted by atomic mass is 9.33. The van der Waals surface area contributed by atoms with Crippen molar-refractivity contribution in [3.05, 3.63) is 518 Å². The topological polar surface area (TPSA) is 36.0 Å². The molecular formula is C143H114BN3O2. The predicted octanol–water partition coefficient (Wildman–Crippen LogP) is 37.6. The zero-order valence-electron chi connectivity index (χ0n) is 86.3. The molecule has 149 heavy (non-hydrogen) atoms. The fourth-order valence-corrected chi connectivity index (χ4v) is 24.0. The van der Waals surface area contributed by atoms with Gasteiger partial charge in [0.25, 0.3) is 6.71 Å². The summed E-state index contributed by atoms with van der Waals surface area (Å²) >= 11 is 0. The van der Waals surface area contributed by atoms with Gasteiger partial charge in [0, 0.05) is 66.5 Å². The highest BCUT2D eigenvalue weighted by molar-refractivity contribution is 7.00. The first-order chi connectivity index (χ1) is 72.4. The average Bonchev–Trinajstić information content (AvgIpc) is 1.51. The normalized spacial score (nSPS) is 13.2. The summed E-state index contributed by atoms with van der Waals surface area (Å²) in [6.07, 6.45) is 0. The standard InChI is InChI=1S/C143H114BN3O2/c1-139(2,3)109-77-105(78-110(83-109)140(4,5)6)99-69-71-118-120-87-128-124(89-134(120)148-132(118)81-99)144-125-90-135-121(119-72-70-100(82-133(119)149-135)106-79-111(141(7,8)9)84-112(80-106)142(10,11)12)88-129(125)147(138-116(103-55-37-51-97(75-103)93-45-23-15-24-46-93)63-40-64-117(138)104-56-38-52-98(76-104)94-47-25-16-26-48-94)131-86-113(145-126-67-33-31-65-122(126)143(107-57-27-17-28-58-107,108-59-29-18-30-60-108)123-66-32-34-68-127(123)145)85-130(136(131)144)146(128)137-114(101-53-35-49-95(73-101)91-41-19-13-20-42-91)61-39-62-115(137)102-54-36-50-96(74-102)92-43-21-14-22-44-92/h13-90H,1-12H3. The van der Waals surface area contributed by atoms with Crippen molar-refractivity contribution in [1.29, 1.82) is 0 Å². The molecule has 2 aromatic heterocycles. The van der Waals surface area contributed by atoms with Gasteiger partial charge in [0.2, 0.25) is 0 Å².